The Morgan fingerprint density at radius 1 is 1.43 bits per heavy atom. The third-order valence-corrected chi connectivity index (χ3v) is 4.40. The van der Waals surface area contributed by atoms with Gasteiger partial charge in [-0.15, -0.1) is 0 Å². The quantitative estimate of drug-likeness (QED) is 0.899. The third kappa shape index (κ3) is 3.99. The summed E-state index contributed by atoms with van der Waals surface area (Å²) in [5.74, 6) is -1.53. The zero-order valence-electron chi connectivity index (χ0n) is 13.1. The average Bonchev–Trinajstić information content (AvgIpc) is 2.48. The Labute approximate surface area is 125 Å². The van der Waals surface area contributed by atoms with Crippen LogP contribution in [-0.2, 0) is 0 Å². The van der Waals surface area contributed by atoms with E-state index in [1.165, 1.54) is 6.42 Å². The number of likely N-dealkylation sites (N-methyl/N-ethyl adjacent to an activating group) is 3. The molecule has 0 spiro atoms. The lowest BCUT2D eigenvalue weighted by Crippen LogP contribution is -2.47. The maximum absolute atomic E-state index is 14.0. The number of rotatable bonds is 5. The molecule has 1 aliphatic heterocycles. The molecule has 1 aromatic carbocycles. The van der Waals surface area contributed by atoms with Crippen LogP contribution in [0.4, 0.5) is 8.78 Å². The molecule has 0 amide bonds. The number of nitrogens with zero attached hydrogens (tertiary/aromatic N) is 2. The zero-order chi connectivity index (χ0) is 15.4. The molecular weight excluding hydrogens is 272 g/mol. The molecule has 0 radical (unpaired) electrons. The second-order valence-electron chi connectivity index (χ2n) is 5.98. The Morgan fingerprint density at radius 2 is 2.19 bits per heavy atom. The molecule has 1 N–H and O–H groups in total. The standard InChI is InChI=1S/C16H25F2N3/c1-19-15(13-7-4-8-14(17)16(13)18)11-21(3)12-6-5-9-20(2)10-12/h4,7-8,12,15,19H,5-6,9-11H2,1-3H3. The Bertz CT molecular complexity index is 467. The normalized spacial score (nSPS) is 21.7. The van der Waals surface area contributed by atoms with Crippen LogP contribution in [0.1, 0.15) is 24.4 Å². The Morgan fingerprint density at radius 3 is 2.86 bits per heavy atom. The molecule has 118 valence electrons. The summed E-state index contributed by atoms with van der Waals surface area (Å²) in [5.41, 5.74) is 0.397. The second kappa shape index (κ2) is 7.29. The van der Waals surface area contributed by atoms with E-state index in [2.05, 4.69) is 29.2 Å². The van der Waals surface area contributed by atoms with Crippen molar-refractivity contribution in [3.05, 3.63) is 35.4 Å². The number of hydrogen-bond acceptors (Lipinski definition) is 3. The van der Waals surface area contributed by atoms with Gasteiger partial charge in [-0.25, -0.2) is 8.78 Å². The second-order valence-corrected chi connectivity index (χ2v) is 5.98. The molecule has 0 bridgehead atoms. The molecule has 1 aromatic rings. The van der Waals surface area contributed by atoms with E-state index in [1.54, 1.807) is 19.2 Å². The van der Waals surface area contributed by atoms with Gasteiger partial charge in [0.15, 0.2) is 11.6 Å². The zero-order valence-corrected chi connectivity index (χ0v) is 13.1. The topological polar surface area (TPSA) is 18.5 Å². The molecule has 0 saturated carbocycles. The van der Waals surface area contributed by atoms with Crippen LogP contribution in [0.15, 0.2) is 18.2 Å². The highest BCUT2D eigenvalue weighted by molar-refractivity contribution is 5.23. The number of likely N-dealkylation sites (tertiary alicyclic amines) is 1. The SMILES string of the molecule is CNC(CN(C)C1CCCN(C)C1)c1cccc(F)c1F. The Hall–Kier alpha value is -1.04. The van der Waals surface area contributed by atoms with Crippen molar-refractivity contribution in [1.29, 1.82) is 0 Å². The van der Waals surface area contributed by atoms with Crippen LogP contribution in [0.3, 0.4) is 0 Å². The molecule has 2 atom stereocenters. The van der Waals surface area contributed by atoms with Crippen LogP contribution in [-0.4, -0.2) is 56.6 Å². The lowest BCUT2D eigenvalue weighted by Gasteiger charge is -2.37. The maximum Gasteiger partial charge on any atom is 0.163 e. The predicted molar refractivity (Wildman–Crippen MR) is 81.3 cm³/mol. The van der Waals surface area contributed by atoms with Gasteiger partial charge in [0.2, 0.25) is 0 Å². The molecule has 3 nitrogen and oxygen atoms in total. The van der Waals surface area contributed by atoms with E-state index in [4.69, 9.17) is 0 Å². The van der Waals surface area contributed by atoms with Crippen molar-refractivity contribution in [2.24, 2.45) is 0 Å². The van der Waals surface area contributed by atoms with E-state index in [-0.39, 0.29) is 6.04 Å². The lowest BCUT2D eigenvalue weighted by atomic mass is 10.0. The number of benzene rings is 1. The fraction of sp³-hybridized carbons (Fsp3) is 0.625. The summed E-state index contributed by atoms with van der Waals surface area (Å²) in [4.78, 5) is 4.57. The van der Waals surface area contributed by atoms with Gasteiger partial charge in [-0.3, -0.25) is 0 Å². The molecule has 2 unspecified atom stereocenters. The average molecular weight is 297 g/mol. The van der Waals surface area contributed by atoms with E-state index in [1.807, 2.05) is 0 Å². The van der Waals surface area contributed by atoms with Crippen LogP contribution in [0.2, 0.25) is 0 Å². The minimum absolute atomic E-state index is 0.210. The minimum Gasteiger partial charge on any atom is -0.312 e. The van der Waals surface area contributed by atoms with Crippen LogP contribution >= 0.6 is 0 Å². The van der Waals surface area contributed by atoms with Crippen molar-refractivity contribution in [2.45, 2.75) is 24.9 Å². The first-order valence-corrected chi connectivity index (χ1v) is 7.53. The van der Waals surface area contributed by atoms with E-state index < -0.39 is 11.6 Å². The van der Waals surface area contributed by atoms with Crippen molar-refractivity contribution in [3.63, 3.8) is 0 Å². The van der Waals surface area contributed by atoms with E-state index in [9.17, 15) is 8.78 Å². The first-order valence-electron chi connectivity index (χ1n) is 7.53. The fourth-order valence-electron chi connectivity index (χ4n) is 3.07. The van der Waals surface area contributed by atoms with E-state index >= 15 is 0 Å². The summed E-state index contributed by atoms with van der Waals surface area (Å²) in [6, 6.07) is 4.63. The molecule has 21 heavy (non-hydrogen) atoms. The van der Waals surface area contributed by atoms with E-state index in [0.717, 1.165) is 25.6 Å². The van der Waals surface area contributed by atoms with Crippen LogP contribution < -0.4 is 5.32 Å². The van der Waals surface area contributed by atoms with Gasteiger partial charge in [0, 0.05) is 30.7 Å². The highest BCUT2D eigenvalue weighted by Crippen LogP contribution is 2.22. The third-order valence-electron chi connectivity index (χ3n) is 4.40. The maximum atomic E-state index is 14.0. The monoisotopic (exact) mass is 297 g/mol. The molecule has 1 fully saturated rings. The van der Waals surface area contributed by atoms with Crippen molar-refractivity contribution in [1.82, 2.24) is 15.1 Å². The van der Waals surface area contributed by atoms with Gasteiger partial charge < -0.3 is 15.1 Å². The Balaban J connectivity index is 2.06. The molecule has 5 heteroatoms. The van der Waals surface area contributed by atoms with Gasteiger partial charge in [-0.1, -0.05) is 12.1 Å². The van der Waals surface area contributed by atoms with Crippen molar-refractivity contribution in [2.75, 3.05) is 40.8 Å². The van der Waals surface area contributed by atoms with E-state index in [0.29, 0.717) is 18.2 Å². The van der Waals surface area contributed by atoms with Gasteiger partial charge in [-0.2, -0.15) is 0 Å². The molecule has 0 aromatic heterocycles. The smallest absolute Gasteiger partial charge is 0.163 e. The summed E-state index contributed by atoms with van der Waals surface area (Å²) in [6.45, 7) is 2.83. The first kappa shape index (κ1) is 16.3. The summed E-state index contributed by atoms with van der Waals surface area (Å²) < 4.78 is 27.3. The fourth-order valence-corrected chi connectivity index (χ4v) is 3.07. The van der Waals surface area contributed by atoms with Gasteiger partial charge in [0.1, 0.15) is 0 Å². The van der Waals surface area contributed by atoms with Crippen LogP contribution in [0, 0.1) is 11.6 Å². The Kier molecular flexibility index (Phi) is 5.67. The number of piperidine rings is 1. The van der Waals surface area contributed by atoms with Gasteiger partial charge in [0.25, 0.3) is 0 Å². The number of halogens is 2. The highest BCUT2D eigenvalue weighted by atomic mass is 19.2. The van der Waals surface area contributed by atoms with Crippen molar-refractivity contribution >= 4 is 0 Å². The number of hydrogen-bond donors (Lipinski definition) is 1. The summed E-state index contributed by atoms with van der Waals surface area (Å²) in [5, 5.41) is 3.11. The highest BCUT2D eigenvalue weighted by Gasteiger charge is 2.24. The minimum atomic E-state index is -0.784. The molecule has 0 aliphatic carbocycles. The van der Waals surface area contributed by atoms with Gasteiger partial charge in [-0.05, 0) is 46.6 Å². The molecule has 1 saturated heterocycles. The van der Waals surface area contributed by atoms with Crippen molar-refractivity contribution in [3.8, 4) is 0 Å². The summed E-state index contributed by atoms with van der Waals surface area (Å²) in [7, 11) is 5.98. The molecule has 2 rings (SSSR count). The molecule has 1 aliphatic rings. The van der Waals surface area contributed by atoms with Gasteiger partial charge >= 0.3 is 0 Å². The predicted octanol–water partition coefficient (Wildman–Crippen LogP) is 2.25. The molecule has 1 heterocycles. The van der Waals surface area contributed by atoms with Gasteiger partial charge in [0.05, 0.1) is 0 Å². The lowest BCUT2D eigenvalue weighted by molar-refractivity contribution is 0.125. The van der Waals surface area contributed by atoms with Crippen molar-refractivity contribution < 1.29 is 8.78 Å². The van der Waals surface area contributed by atoms with Crippen LogP contribution in [0.25, 0.3) is 0 Å². The summed E-state index contributed by atoms with van der Waals surface area (Å²) >= 11 is 0. The number of nitrogens with one attached hydrogen (secondary N) is 1. The summed E-state index contributed by atoms with van der Waals surface area (Å²) in [6.07, 6.45) is 2.34. The largest absolute Gasteiger partial charge is 0.312 e. The first-order chi connectivity index (χ1) is 10.0. The molecular formula is C16H25F2N3. The van der Waals surface area contributed by atoms with Crippen LogP contribution in [0.5, 0.6) is 0 Å².